The number of aryl methyl sites for hydroxylation is 1. The van der Waals surface area contributed by atoms with Gasteiger partial charge in [-0.3, -0.25) is 9.78 Å². The molecule has 0 saturated carbocycles. The Bertz CT molecular complexity index is 1080. The number of carbonyl (C=O) groups is 1. The van der Waals surface area contributed by atoms with E-state index in [4.69, 9.17) is 14.5 Å². The Balaban J connectivity index is 1.41. The van der Waals surface area contributed by atoms with Crippen LogP contribution in [0.3, 0.4) is 0 Å². The van der Waals surface area contributed by atoms with Gasteiger partial charge in [-0.1, -0.05) is 36.4 Å². The van der Waals surface area contributed by atoms with Crippen molar-refractivity contribution in [2.75, 3.05) is 19.8 Å². The lowest BCUT2D eigenvalue weighted by Crippen LogP contribution is -2.31. The smallest absolute Gasteiger partial charge is 0.256 e. The molecule has 3 aromatic rings. The first-order chi connectivity index (χ1) is 14.7. The number of aromatic nitrogens is 1. The Labute approximate surface area is 176 Å². The van der Waals surface area contributed by atoms with Gasteiger partial charge >= 0.3 is 0 Å². The Morgan fingerprint density at radius 2 is 1.80 bits per heavy atom. The molecule has 1 unspecified atom stereocenters. The first-order valence-corrected chi connectivity index (χ1v) is 10.4. The number of rotatable bonds is 3. The van der Waals surface area contributed by atoms with Crippen LogP contribution in [0.25, 0.3) is 11.3 Å². The van der Waals surface area contributed by atoms with E-state index in [1.54, 1.807) is 0 Å². The van der Waals surface area contributed by atoms with Gasteiger partial charge in [-0.2, -0.15) is 0 Å². The van der Waals surface area contributed by atoms with Gasteiger partial charge in [-0.25, -0.2) is 0 Å². The van der Waals surface area contributed by atoms with Gasteiger partial charge in [-0.15, -0.1) is 0 Å². The summed E-state index contributed by atoms with van der Waals surface area (Å²) >= 11 is 0. The van der Waals surface area contributed by atoms with Crippen molar-refractivity contribution in [3.63, 3.8) is 0 Å². The molecular formula is C25H24N2O3. The minimum atomic E-state index is 0.0389. The van der Waals surface area contributed by atoms with Crippen LogP contribution in [0.5, 0.6) is 11.5 Å². The summed E-state index contributed by atoms with van der Waals surface area (Å²) in [6.45, 7) is 3.79. The van der Waals surface area contributed by atoms with Crippen molar-refractivity contribution in [3.05, 3.63) is 77.5 Å². The number of pyridine rings is 1. The van der Waals surface area contributed by atoms with Gasteiger partial charge in [0.15, 0.2) is 11.5 Å². The molecule has 5 nitrogen and oxygen atoms in total. The highest BCUT2D eigenvalue weighted by molar-refractivity contribution is 5.96. The lowest BCUT2D eigenvalue weighted by molar-refractivity contribution is 0.0734. The number of ether oxygens (including phenoxy) is 2. The predicted octanol–water partition coefficient (Wildman–Crippen LogP) is 4.81. The maximum Gasteiger partial charge on any atom is 0.256 e. The van der Waals surface area contributed by atoms with Gasteiger partial charge in [-0.05, 0) is 49.6 Å². The van der Waals surface area contributed by atoms with Gasteiger partial charge in [0.05, 0.1) is 23.0 Å². The summed E-state index contributed by atoms with van der Waals surface area (Å²) in [6.07, 6.45) is 1.93. The zero-order valence-corrected chi connectivity index (χ0v) is 17.0. The van der Waals surface area contributed by atoms with Gasteiger partial charge in [0.25, 0.3) is 5.91 Å². The standard InChI is InChI=1S/C25H24N2O3/c1-17-20(10-11-21(26-17)18-6-3-2-4-7-18)25(28)27-13-5-8-22(27)19-9-12-23-24(16-19)30-15-14-29-23/h2-4,6-7,9-12,16,22H,5,8,13-15H2,1H3. The zero-order valence-electron chi connectivity index (χ0n) is 17.0. The van der Waals surface area contributed by atoms with Gasteiger partial charge in [0.1, 0.15) is 13.2 Å². The van der Waals surface area contributed by atoms with Crippen LogP contribution in [-0.4, -0.2) is 35.5 Å². The van der Waals surface area contributed by atoms with Crippen molar-refractivity contribution in [1.82, 2.24) is 9.88 Å². The van der Waals surface area contributed by atoms with Crippen LogP contribution in [0.2, 0.25) is 0 Å². The van der Waals surface area contributed by atoms with Crippen LogP contribution < -0.4 is 9.47 Å². The molecule has 1 amide bonds. The number of nitrogens with zero attached hydrogens (tertiary/aromatic N) is 2. The van der Waals surface area contributed by atoms with Crippen molar-refractivity contribution in [2.24, 2.45) is 0 Å². The lowest BCUT2D eigenvalue weighted by Gasteiger charge is -2.27. The van der Waals surface area contributed by atoms with E-state index in [0.29, 0.717) is 18.8 Å². The summed E-state index contributed by atoms with van der Waals surface area (Å²) in [4.78, 5) is 20.1. The second kappa shape index (κ2) is 7.82. The number of benzene rings is 2. The highest BCUT2D eigenvalue weighted by Gasteiger charge is 2.32. The Hall–Kier alpha value is -3.34. The number of amides is 1. The van der Waals surface area contributed by atoms with Gasteiger partial charge in [0.2, 0.25) is 0 Å². The molecule has 0 aliphatic carbocycles. The molecule has 1 saturated heterocycles. The van der Waals surface area contributed by atoms with Crippen LogP contribution in [0, 0.1) is 6.92 Å². The Morgan fingerprint density at radius 1 is 1.00 bits per heavy atom. The second-order valence-electron chi connectivity index (χ2n) is 7.76. The average Bonchev–Trinajstić information content (AvgIpc) is 3.29. The van der Waals surface area contributed by atoms with E-state index in [-0.39, 0.29) is 11.9 Å². The van der Waals surface area contributed by atoms with E-state index >= 15 is 0 Å². The maximum absolute atomic E-state index is 13.4. The van der Waals surface area contributed by atoms with E-state index in [0.717, 1.165) is 53.4 Å². The highest BCUT2D eigenvalue weighted by atomic mass is 16.6. The van der Waals surface area contributed by atoms with E-state index in [9.17, 15) is 4.79 Å². The van der Waals surface area contributed by atoms with Gasteiger partial charge < -0.3 is 14.4 Å². The summed E-state index contributed by atoms with van der Waals surface area (Å²) in [7, 11) is 0. The predicted molar refractivity (Wildman–Crippen MR) is 115 cm³/mol. The molecular weight excluding hydrogens is 376 g/mol. The van der Waals surface area contributed by atoms with E-state index in [1.165, 1.54) is 0 Å². The van der Waals surface area contributed by atoms with Crippen molar-refractivity contribution in [2.45, 2.75) is 25.8 Å². The summed E-state index contributed by atoms with van der Waals surface area (Å²) in [5, 5.41) is 0. The minimum absolute atomic E-state index is 0.0389. The number of carbonyl (C=O) groups excluding carboxylic acids is 1. The fourth-order valence-corrected chi connectivity index (χ4v) is 4.34. The molecule has 0 bridgehead atoms. The molecule has 1 fully saturated rings. The maximum atomic E-state index is 13.4. The lowest BCUT2D eigenvalue weighted by atomic mass is 10.0. The largest absolute Gasteiger partial charge is 0.486 e. The third kappa shape index (κ3) is 3.41. The van der Waals surface area contributed by atoms with E-state index in [2.05, 4.69) is 0 Å². The van der Waals surface area contributed by atoms with Crippen LogP contribution in [0.4, 0.5) is 0 Å². The monoisotopic (exact) mass is 400 g/mol. The second-order valence-corrected chi connectivity index (χ2v) is 7.76. The van der Waals surface area contributed by atoms with Crippen LogP contribution in [0.15, 0.2) is 60.7 Å². The zero-order chi connectivity index (χ0) is 20.5. The fourth-order valence-electron chi connectivity index (χ4n) is 4.34. The van der Waals surface area contributed by atoms with Crippen molar-refractivity contribution >= 4 is 5.91 Å². The minimum Gasteiger partial charge on any atom is -0.486 e. The molecule has 152 valence electrons. The Kier molecular flexibility index (Phi) is 4.87. The third-order valence-electron chi connectivity index (χ3n) is 5.85. The molecule has 0 N–H and O–H groups in total. The molecule has 0 radical (unpaired) electrons. The fraction of sp³-hybridized carbons (Fsp3) is 0.280. The highest BCUT2D eigenvalue weighted by Crippen LogP contribution is 2.38. The van der Waals surface area contributed by atoms with Crippen LogP contribution >= 0.6 is 0 Å². The summed E-state index contributed by atoms with van der Waals surface area (Å²) in [6, 6.07) is 19.9. The first kappa shape index (κ1) is 18.7. The summed E-state index contributed by atoms with van der Waals surface area (Å²) in [5.41, 5.74) is 4.45. The topological polar surface area (TPSA) is 51.7 Å². The summed E-state index contributed by atoms with van der Waals surface area (Å²) < 4.78 is 11.4. The molecule has 5 rings (SSSR count). The van der Waals surface area contributed by atoms with E-state index < -0.39 is 0 Å². The molecule has 3 heterocycles. The average molecular weight is 400 g/mol. The van der Waals surface area contributed by atoms with Gasteiger partial charge in [0, 0.05) is 12.1 Å². The molecule has 1 aromatic heterocycles. The van der Waals surface area contributed by atoms with Crippen molar-refractivity contribution < 1.29 is 14.3 Å². The number of hydrogen-bond acceptors (Lipinski definition) is 4. The van der Waals surface area contributed by atoms with Crippen molar-refractivity contribution in [1.29, 1.82) is 0 Å². The molecule has 30 heavy (non-hydrogen) atoms. The van der Waals surface area contributed by atoms with Crippen molar-refractivity contribution in [3.8, 4) is 22.8 Å². The van der Waals surface area contributed by atoms with E-state index in [1.807, 2.05) is 72.5 Å². The molecule has 0 spiro atoms. The Morgan fingerprint density at radius 3 is 2.60 bits per heavy atom. The number of hydrogen-bond donors (Lipinski definition) is 0. The van der Waals surface area contributed by atoms with Crippen LogP contribution in [0.1, 0.15) is 40.5 Å². The first-order valence-electron chi connectivity index (χ1n) is 10.4. The molecule has 2 aliphatic heterocycles. The normalized spacial score (nSPS) is 17.8. The molecule has 2 aliphatic rings. The molecule has 2 aromatic carbocycles. The molecule has 5 heteroatoms. The number of fused-ring (bicyclic) bond motifs is 1. The van der Waals surface area contributed by atoms with Crippen LogP contribution in [-0.2, 0) is 0 Å². The molecule has 1 atom stereocenters. The SMILES string of the molecule is Cc1nc(-c2ccccc2)ccc1C(=O)N1CCCC1c1ccc2c(c1)OCCO2. The quantitative estimate of drug-likeness (QED) is 0.633. The third-order valence-corrected chi connectivity index (χ3v) is 5.85. The summed E-state index contributed by atoms with van der Waals surface area (Å²) in [5.74, 6) is 1.58. The number of likely N-dealkylation sites (tertiary alicyclic amines) is 1.